The van der Waals surface area contributed by atoms with Crippen LogP contribution in [0.4, 0.5) is 0 Å². The smallest absolute Gasteiger partial charge is 0.243 e. The van der Waals surface area contributed by atoms with Crippen molar-refractivity contribution in [1.82, 2.24) is 9.62 Å². The van der Waals surface area contributed by atoms with Gasteiger partial charge in [0.1, 0.15) is 0 Å². The van der Waals surface area contributed by atoms with Gasteiger partial charge in [-0.05, 0) is 55.4 Å². The molecule has 0 bridgehead atoms. The Morgan fingerprint density at radius 3 is 2.36 bits per heavy atom. The van der Waals surface area contributed by atoms with Crippen LogP contribution in [0, 0.1) is 5.92 Å². The van der Waals surface area contributed by atoms with E-state index < -0.39 is 10.0 Å². The fourth-order valence-corrected chi connectivity index (χ4v) is 5.78. The maximum absolute atomic E-state index is 12.8. The molecule has 5 nitrogen and oxygen atoms in total. The van der Waals surface area contributed by atoms with Crippen LogP contribution in [-0.4, -0.2) is 31.7 Å². The van der Waals surface area contributed by atoms with Crippen LogP contribution in [0.25, 0.3) is 0 Å². The van der Waals surface area contributed by atoms with Crippen LogP contribution >= 0.6 is 0 Å². The molecule has 1 aliphatic carbocycles. The minimum atomic E-state index is -3.48. The van der Waals surface area contributed by atoms with E-state index >= 15 is 0 Å². The van der Waals surface area contributed by atoms with Gasteiger partial charge >= 0.3 is 0 Å². The van der Waals surface area contributed by atoms with E-state index in [4.69, 9.17) is 0 Å². The number of hydrogen-bond acceptors (Lipinski definition) is 3. The molecule has 0 saturated carbocycles. The quantitative estimate of drug-likeness (QED) is 0.859. The molecule has 2 aromatic carbocycles. The van der Waals surface area contributed by atoms with Crippen molar-refractivity contribution in [3.8, 4) is 0 Å². The highest BCUT2D eigenvalue weighted by Gasteiger charge is 2.33. The first-order valence-corrected chi connectivity index (χ1v) is 11.4. The molecule has 0 radical (unpaired) electrons. The van der Waals surface area contributed by atoms with Crippen LogP contribution < -0.4 is 5.32 Å². The molecule has 1 saturated heterocycles. The van der Waals surface area contributed by atoms with E-state index in [1.54, 1.807) is 30.3 Å². The molecular weight excluding hydrogens is 372 g/mol. The van der Waals surface area contributed by atoms with Crippen LogP contribution in [0.2, 0.25) is 0 Å². The molecule has 0 unspecified atom stereocenters. The van der Waals surface area contributed by atoms with Crippen LogP contribution in [-0.2, 0) is 21.2 Å². The third-order valence-corrected chi connectivity index (χ3v) is 7.80. The van der Waals surface area contributed by atoms with E-state index in [-0.39, 0.29) is 17.9 Å². The summed E-state index contributed by atoms with van der Waals surface area (Å²) in [6.07, 6.45) is 4.23. The molecule has 1 heterocycles. The van der Waals surface area contributed by atoms with E-state index in [1.165, 1.54) is 15.4 Å². The molecule has 2 aliphatic rings. The van der Waals surface area contributed by atoms with Crippen molar-refractivity contribution >= 4 is 15.9 Å². The summed E-state index contributed by atoms with van der Waals surface area (Å²) in [7, 11) is -3.48. The lowest BCUT2D eigenvalue weighted by atomic mass is 9.87. The van der Waals surface area contributed by atoms with Crippen LogP contribution in [0.5, 0.6) is 0 Å². The third-order valence-electron chi connectivity index (χ3n) is 5.89. The number of nitrogens with one attached hydrogen (secondary N) is 1. The summed E-state index contributed by atoms with van der Waals surface area (Å²) in [6, 6.07) is 16.9. The van der Waals surface area contributed by atoms with Crippen LogP contribution in [0.3, 0.4) is 0 Å². The Labute approximate surface area is 166 Å². The van der Waals surface area contributed by atoms with Gasteiger partial charge in [0.05, 0.1) is 10.9 Å². The number of benzene rings is 2. The van der Waals surface area contributed by atoms with Gasteiger partial charge in [0.2, 0.25) is 15.9 Å². The van der Waals surface area contributed by atoms with Gasteiger partial charge in [-0.3, -0.25) is 4.79 Å². The number of rotatable bonds is 4. The highest BCUT2D eigenvalue weighted by Crippen LogP contribution is 2.31. The minimum Gasteiger partial charge on any atom is -0.349 e. The first-order valence-electron chi connectivity index (χ1n) is 9.99. The average Bonchev–Trinajstić information content (AvgIpc) is 2.75. The summed E-state index contributed by atoms with van der Waals surface area (Å²) in [5.41, 5.74) is 2.55. The van der Waals surface area contributed by atoms with Crippen molar-refractivity contribution in [1.29, 1.82) is 0 Å². The Balaban J connectivity index is 1.37. The summed E-state index contributed by atoms with van der Waals surface area (Å²) >= 11 is 0. The molecule has 1 aliphatic heterocycles. The van der Waals surface area contributed by atoms with Gasteiger partial charge in [-0.25, -0.2) is 8.42 Å². The van der Waals surface area contributed by atoms with Crippen LogP contribution in [0.1, 0.15) is 42.9 Å². The number of fused-ring (bicyclic) bond motifs is 1. The molecule has 1 N–H and O–H groups in total. The molecule has 1 amide bonds. The van der Waals surface area contributed by atoms with E-state index in [0.29, 0.717) is 30.8 Å². The summed E-state index contributed by atoms with van der Waals surface area (Å²) in [5, 5.41) is 3.22. The molecule has 4 rings (SSSR count). The standard InChI is InChI=1S/C22H26N2O3S/c25-22(23-21-12-6-8-17-7-4-5-11-20(17)21)18-13-15-24(16-14-18)28(26,27)19-9-2-1-3-10-19/h1-5,7,9-11,18,21H,6,8,12-16H2,(H,23,25)/t21-/m0/s1. The second kappa shape index (κ2) is 8.05. The second-order valence-corrected chi connectivity index (χ2v) is 9.58. The molecule has 0 aromatic heterocycles. The molecule has 0 spiro atoms. The predicted octanol–water partition coefficient (Wildman–Crippen LogP) is 3.28. The van der Waals surface area contributed by atoms with Gasteiger partial charge < -0.3 is 5.32 Å². The summed E-state index contributed by atoms with van der Waals surface area (Å²) in [5.74, 6) is -0.0743. The van der Waals surface area contributed by atoms with E-state index in [2.05, 4.69) is 17.4 Å². The van der Waals surface area contributed by atoms with Crippen molar-refractivity contribution in [3.63, 3.8) is 0 Å². The van der Waals surface area contributed by atoms with Crippen molar-refractivity contribution in [2.24, 2.45) is 5.92 Å². The number of hydrogen-bond donors (Lipinski definition) is 1. The highest BCUT2D eigenvalue weighted by atomic mass is 32.2. The topological polar surface area (TPSA) is 66.5 Å². The third kappa shape index (κ3) is 3.84. The van der Waals surface area contributed by atoms with Crippen molar-refractivity contribution < 1.29 is 13.2 Å². The Kier molecular flexibility index (Phi) is 5.51. The summed E-state index contributed by atoms with van der Waals surface area (Å²) in [6.45, 7) is 0.771. The molecule has 148 valence electrons. The summed E-state index contributed by atoms with van der Waals surface area (Å²) < 4.78 is 27.0. The largest absolute Gasteiger partial charge is 0.349 e. The Morgan fingerprint density at radius 2 is 1.61 bits per heavy atom. The average molecular weight is 399 g/mol. The molecule has 6 heteroatoms. The minimum absolute atomic E-state index is 0.0541. The number of carbonyl (C=O) groups is 1. The van der Waals surface area contributed by atoms with Gasteiger partial charge in [0, 0.05) is 19.0 Å². The lowest BCUT2D eigenvalue weighted by molar-refractivity contribution is -0.127. The molecule has 1 fully saturated rings. The molecular formula is C22H26N2O3S. The number of amides is 1. The normalized spacial score (nSPS) is 21.1. The lowest BCUT2D eigenvalue weighted by Crippen LogP contribution is -2.44. The zero-order valence-corrected chi connectivity index (χ0v) is 16.7. The second-order valence-electron chi connectivity index (χ2n) is 7.64. The van der Waals surface area contributed by atoms with Gasteiger partial charge in [0.15, 0.2) is 0 Å². The zero-order chi connectivity index (χ0) is 19.6. The van der Waals surface area contributed by atoms with Gasteiger partial charge in [-0.1, -0.05) is 42.5 Å². The first-order chi connectivity index (χ1) is 13.6. The van der Waals surface area contributed by atoms with Crippen molar-refractivity contribution in [2.45, 2.75) is 43.0 Å². The molecule has 1 atom stereocenters. The number of carbonyl (C=O) groups excluding carboxylic acids is 1. The van der Waals surface area contributed by atoms with Gasteiger partial charge in [-0.15, -0.1) is 0 Å². The maximum atomic E-state index is 12.8. The number of aryl methyl sites for hydroxylation is 1. The summed E-state index contributed by atoms with van der Waals surface area (Å²) in [4.78, 5) is 13.1. The van der Waals surface area contributed by atoms with Gasteiger partial charge in [-0.2, -0.15) is 4.31 Å². The van der Waals surface area contributed by atoms with Crippen molar-refractivity contribution in [2.75, 3.05) is 13.1 Å². The Hall–Kier alpha value is -2.18. The first kappa shape index (κ1) is 19.2. The molecule has 28 heavy (non-hydrogen) atoms. The fourth-order valence-electron chi connectivity index (χ4n) is 4.29. The van der Waals surface area contributed by atoms with Crippen molar-refractivity contribution in [3.05, 3.63) is 65.7 Å². The zero-order valence-electron chi connectivity index (χ0n) is 15.9. The van der Waals surface area contributed by atoms with E-state index in [0.717, 1.165) is 19.3 Å². The fraction of sp³-hybridized carbons (Fsp3) is 0.409. The number of nitrogens with zero attached hydrogens (tertiary/aromatic N) is 1. The van der Waals surface area contributed by atoms with E-state index in [1.807, 2.05) is 12.1 Å². The Morgan fingerprint density at radius 1 is 0.929 bits per heavy atom. The lowest BCUT2D eigenvalue weighted by Gasteiger charge is -2.32. The SMILES string of the molecule is O=C(N[C@H]1CCCc2ccccc21)C1CCN(S(=O)(=O)c2ccccc2)CC1. The predicted molar refractivity (Wildman–Crippen MR) is 108 cm³/mol. The van der Waals surface area contributed by atoms with Gasteiger partial charge in [0.25, 0.3) is 0 Å². The van der Waals surface area contributed by atoms with E-state index in [9.17, 15) is 13.2 Å². The molecule has 2 aromatic rings. The highest BCUT2D eigenvalue weighted by molar-refractivity contribution is 7.89. The number of piperidine rings is 1. The monoisotopic (exact) mass is 398 g/mol. The maximum Gasteiger partial charge on any atom is 0.243 e. The van der Waals surface area contributed by atoms with Crippen LogP contribution in [0.15, 0.2) is 59.5 Å². The number of sulfonamides is 1. The Bertz CT molecular complexity index is 935.